The van der Waals surface area contributed by atoms with Crippen LogP contribution in [0.1, 0.15) is 46.5 Å². The van der Waals surface area contributed by atoms with Crippen molar-refractivity contribution in [2.75, 3.05) is 11.9 Å². The number of nitriles is 1. The van der Waals surface area contributed by atoms with Crippen LogP contribution in [0, 0.1) is 17.2 Å². The molecule has 0 aromatic heterocycles. The Morgan fingerprint density at radius 1 is 1.03 bits per heavy atom. The fourth-order valence-electron chi connectivity index (χ4n) is 3.35. The second kappa shape index (κ2) is 9.22. The summed E-state index contributed by atoms with van der Waals surface area (Å²) in [6.45, 7) is 3.09. The van der Waals surface area contributed by atoms with Crippen molar-refractivity contribution in [3.05, 3.63) is 65.2 Å². The van der Waals surface area contributed by atoms with Gasteiger partial charge in [0.15, 0.2) is 6.61 Å². The Morgan fingerprint density at radius 2 is 1.61 bits per heavy atom. The van der Waals surface area contributed by atoms with Gasteiger partial charge in [0.05, 0.1) is 22.4 Å². The third-order valence-electron chi connectivity index (χ3n) is 4.77. The lowest BCUT2D eigenvalue weighted by molar-refractivity contribution is -0.151. The minimum Gasteiger partial charge on any atom is -0.454 e. The molecule has 1 heterocycles. The first-order chi connectivity index (χ1) is 14.8. The highest BCUT2D eigenvalue weighted by Gasteiger charge is 2.43. The minimum atomic E-state index is -1.15. The van der Waals surface area contributed by atoms with E-state index in [0.717, 1.165) is 4.90 Å². The lowest BCUT2D eigenvalue weighted by Gasteiger charge is -2.25. The fraction of sp³-hybridized carbons (Fsp3) is 0.261. The van der Waals surface area contributed by atoms with Gasteiger partial charge in [-0.3, -0.25) is 19.3 Å². The van der Waals surface area contributed by atoms with Crippen LogP contribution in [-0.4, -0.2) is 41.2 Å². The molecule has 1 N–H and O–H groups in total. The smallest absolute Gasteiger partial charge is 0.329 e. The van der Waals surface area contributed by atoms with Crippen LogP contribution in [0.4, 0.5) is 5.69 Å². The molecule has 158 valence electrons. The number of ether oxygens (including phenoxy) is 1. The molecule has 8 heteroatoms. The van der Waals surface area contributed by atoms with E-state index in [-0.39, 0.29) is 29.0 Å². The van der Waals surface area contributed by atoms with Gasteiger partial charge < -0.3 is 10.1 Å². The number of carbonyl (C=O) groups excluding carboxylic acids is 4. The van der Waals surface area contributed by atoms with Gasteiger partial charge in [-0.25, -0.2) is 4.79 Å². The Bertz CT molecular complexity index is 1050. The standard InChI is InChI=1S/C23H21N3O5/c1-14(2)11-19(26-21(28)16-8-4-5-9-17(16)22(26)29)23(30)31-13-20(27)25-18-10-6-3-7-15(18)12-24/h3-10,14,19H,11,13H2,1-2H3,(H,25,27)/t19-/m0/s1. The summed E-state index contributed by atoms with van der Waals surface area (Å²) in [5.41, 5.74) is 1.04. The maximum atomic E-state index is 12.8. The molecule has 0 bridgehead atoms. The van der Waals surface area contributed by atoms with Crippen molar-refractivity contribution in [1.82, 2.24) is 4.90 Å². The van der Waals surface area contributed by atoms with E-state index in [0.29, 0.717) is 5.69 Å². The second-order valence-electron chi connectivity index (χ2n) is 7.48. The molecule has 0 saturated heterocycles. The van der Waals surface area contributed by atoms with E-state index in [9.17, 15) is 19.2 Å². The maximum absolute atomic E-state index is 12.8. The highest BCUT2D eigenvalue weighted by molar-refractivity contribution is 6.22. The van der Waals surface area contributed by atoms with Gasteiger partial charge in [-0.15, -0.1) is 0 Å². The molecule has 2 aromatic rings. The topological polar surface area (TPSA) is 117 Å². The predicted octanol–water partition coefficient (Wildman–Crippen LogP) is 2.75. The Kier molecular flexibility index (Phi) is 6.46. The van der Waals surface area contributed by atoms with Gasteiger partial charge >= 0.3 is 5.97 Å². The molecular weight excluding hydrogens is 398 g/mol. The number of hydrogen-bond donors (Lipinski definition) is 1. The van der Waals surface area contributed by atoms with Gasteiger partial charge in [0.25, 0.3) is 17.7 Å². The van der Waals surface area contributed by atoms with Gasteiger partial charge in [-0.1, -0.05) is 38.1 Å². The summed E-state index contributed by atoms with van der Waals surface area (Å²) in [4.78, 5) is 51.5. The molecular formula is C23H21N3O5. The highest BCUT2D eigenvalue weighted by atomic mass is 16.5. The van der Waals surface area contributed by atoms with Crippen LogP contribution in [0.25, 0.3) is 0 Å². The van der Waals surface area contributed by atoms with Gasteiger partial charge in [0.2, 0.25) is 0 Å². The molecule has 2 aromatic carbocycles. The lowest BCUT2D eigenvalue weighted by atomic mass is 10.0. The molecule has 3 rings (SSSR count). The molecule has 0 saturated carbocycles. The third-order valence-corrected chi connectivity index (χ3v) is 4.77. The normalized spacial score (nSPS) is 13.5. The molecule has 0 spiro atoms. The Balaban J connectivity index is 1.71. The summed E-state index contributed by atoms with van der Waals surface area (Å²) in [5, 5.41) is 11.6. The number of nitrogens with zero attached hydrogens (tertiary/aromatic N) is 2. The molecule has 1 aliphatic rings. The van der Waals surface area contributed by atoms with Crippen LogP contribution in [0.15, 0.2) is 48.5 Å². The van der Waals surface area contributed by atoms with E-state index in [1.807, 2.05) is 19.9 Å². The van der Waals surface area contributed by atoms with Gasteiger partial charge in [0, 0.05) is 0 Å². The number of esters is 1. The number of fused-ring (bicyclic) bond motifs is 1. The van der Waals surface area contributed by atoms with Crippen molar-refractivity contribution in [1.29, 1.82) is 5.26 Å². The number of amides is 3. The van der Waals surface area contributed by atoms with E-state index in [4.69, 9.17) is 10.00 Å². The fourth-order valence-corrected chi connectivity index (χ4v) is 3.35. The van der Waals surface area contributed by atoms with Crippen molar-refractivity contribution in [2.24, 2.45) is 5.92 Å². The molecule has 8 nitrogen and oxygen atoms in total. The summed E-state index contributed by atoms with van der Waals surface area (Å²) in [5.74, 6) is -2.61. The minimum absolute atomic E-state index is 0.0156. The van der Waals surface area contributed by atoms with Crippen molar-refractivity contribution in [3.8, 4) is 6.07 Å². The molecule has 31 heavy (non-hydrogen) atoms. The first kappa shape index (κ1) is 21.7. The average Bonchev–Trinajstić information content (AvgIpc) is 3.01. The summed E-state index contributed by atoms with van der Waals surface area (Å²) >= 11 is 0. The third kappa shape index (κ3) is 4.61. The molecule has 3 amide bonds. The van der Waals surface area contributed by atoms with Gasteiger partial charge in [-0.2, -0.15) is 5.26 Å². The molecule has 0 unspecified atom stereocenters. The largest absolute Gasteiger partial charge is 0.454 e. The number of benzene rings is 2. The molecule has 0 radical (unpaired) electrons. The molecule has 0 fully saturated rings. The zero-order valence-corrected chi connectivity index (χ0v) is 17.1. The van der Waals surface area contributed by atoms with E-state index in [1.54, 1.807) is 36.4 Å². The first-order valence-electron chi connectivity index (χ1n) is 9.76. The van der Waals surface area contributed by atoms with Crippen molar-refractivity contribution < 1.29 is 23.9 Å². The molecule has 0 aliphatic carbocycles. The predicted molar refractivity (Wildman–Crippen MR) is 111 cm³/mol. The van der Waals surface area contributed by atoms with Crippen LogP contribution < -0.4 is 5.32 Å². The number of imide groups is 1. The zero-order valence-electron chi connectivity index (χ0n) is 17.1. The molecule has 1 atom stereocenters. The van der Waals surface area contributed by atoms with Crippen molar-refractivity contribution >= 4 is 29.4 Å². The van der Waals surface area contributed by atoms with Crippen molar-refractivity contribution in [2.45, 2.75) is 26.3 Å². The number of nitrogens with one attached hydrogen (secondary N) is 1. The van der Waals surface area contributed by atoms with Crippen molar-refractivity contribution in [3.63, 3.8) is 0 Å². The number of rotatable bonds is 7. The SMILES string of the molecule is CC(C)C[C@@H](C(=O)OCC(=O)Nc1ccccc1C#N)N1C(=O)c2ccccc2C1=O. The van der Waals surface area contributed by atoms with E-state index in [2.05, 4.69) is 5.32 Å². The quantitative estimate of drug-likeness (QED) is 0.545. The number of anilines is 1. The van der Waals surface area contributed by atoms with Crippen LogP contribution in [0.5, 0.6) is 0 Å². The number of carbonyl (C=O) groups is 4. The summed E-state index contributed by atoms with van der Waals surface area (Å²) in [6.07, 6.45) is 0.198. The van der Waals surface area contributed by atoms with Gasteiger partial charge in [-0.05, 0) is 36.6 Å². The van der Waals surface area contributed by atoms with E-state index in [1.165, 1.54) is 12.1 Å². The molecule has 1 aliphatic heterocycles. The number of hydrogen-bond acceptors (Lipinski definition) is 6. The summed E-state index contributed by atoms with van der Waals surface area (Å²) < 4.78 is 5.14. The second-order valence-corrected chi connectivity index (χ2v) is 7.48. The lowest BCUT2D eigenvalue weighted by Crippen LogP contribution is -2.46. The van der Waals surface area contributed by atoms with Crippen LogP contribution in [0.2, 0.25) is 0 Å². The van der Waals surface area contributed by atoms with Gasteiger partial charge in [0.1, 0.15) is 12.1 Å². The van der Waals surface area contributed by atoms with Crippen LogP contribution in [-0.2, 0) is 14.3 Å². The van der Waals surface area contributed by atoms with E-state index < -0.39 is 36.3 Å². The average molecular weight is 419 g/mol. The summed E-state index contributed by atoms with van der Waals surface area (Å²) in [7, 11) is 0. The maximum Gasteiger partial charge on any atom is 0.329 e. The number of para-hydroxylation sites is 1. The zero-order chi connectivity index (χ0) is 22.5. The highest BCUT2D eigenvalue weighted by Crippen LogP contribution is 2.27. The monoisotopic (exact) mass is 419 g/mol. The van der Waals surface area contributed by atoms with E-state index >= 15 is 0 Å². The Labute approximate surface area is 179 Å². The Hall–Kier alpha value is -3.99. The Morgan fingerprint density at radius 3 is 2.19 bits per heavy atom. The van der Waals surface area contributed by atoms with Crippen LogP contribution in [0.3, 0.4) is 0 Å². The summed E-state index contributed by atoms with van der Waals surface area (Å²) in [6, 6.07) is 13.6. The first-order valence-corrected chi connectivity index (χ1v) is 9.76. The van der Waals surface area contributed by atoms with Crippen LogP contribution >= 0.6 is 0 Å².